The van der Waals surface area contributed by atoms with Crippen molar-refractivity contribution >= 4 is 17.7 Å². The maximum absolute atomic E-state index is 14.9. The number of carbonyl (C=O) groups excluding carboxylic acids is 2. The minimum absolute atomic E-state index is 0.276. The Morgan fingerprint density at radius 2 is 1.27 bits per heavy atom. The van der Waals surface area contributed by atoms with Crippen molar-refractivity contribution in [3.05, 3.63) is 118 Å². The lowest BCUT2D eigenvalue weighted by Crippen LogP contribution is -2.51. The van der Waals surface area contributed by atoms with Crippen LogP contribution in [0.15, 0.2) is 84.9 Å². The summed E-state index contributed by atoms with van der Waals surface area (Å²) in [4.78, 5) is 42.4. The summed E-state index contributed by atoms with van der Waals surface area (Å²) in [6.45, 7) is 2.25. The molecule has 0 bridgehead atoms. The fourth-order valence-electron chi connectivity index (χ4n) is 7.62. The van der Waals surface area contributed by atoms with E-state index in [2.05, 4.69) is 36.4 Å². The number of carboxylic acids is 1. The third-order valence-corrected chi connectivity index (χ3v) is 9.53. The van der Waals surface area contributed by atoms with Crippen molar-refractivity contribution < 1.29 is 19.5 Å². The molecule has 204 valence electrons. The zero-order chi connectivity index (χ0) is 28.3. The molecule has 4 aromatic carbocycles. The normalized spacial score (nSPS) is 16.6. The van der Waals surface area contributed by atoms with Gasteiger partial charge in [-0.3, -0.25) is 9.59 Å². The summed E-state index contributed by atoms with van der Waals surface area (Å²) in [6.07, 6.45) is 2.67. The van der Waals surface area contributed by atoms with Crippen LogP contribution in [0, 0.1) is 0 Å². The lowest BCUT2D eigenvalue weighted by molar-refractivity contribution is -0.153. The average Bonchev–Trinajstić information content (AvgIpc) is 3.73. The molecule has 1 amide bonds. The minimum Gasteiger partial charge on any atom is -0.480 e. The molecule has 3 aliphatic rings. The monoisotopic (exact) mass is 541 g/mol. The van der Waals surface area contributed by atoms with Crippen molar-refractivity contribution in [2.75, 3.05) is 6.54 Å². The number of nitrogens with zero attached hydrogens (tertiary/aromatic N) is 1. The second-order valence-corrected chi connectivity index (χ2v) is 11.4. The molecular weight excluding hydrogens is 510 g/mol. The zero-order valence-corrected chi connectivity index (χ0v) is 23.0. The standard InChI is InChI=1S/C36H31NO4/c1-2-36(33(38)34(39)37-19-9-18-32(37)35(40)41,30-16-7-14-26-24-12-5-3-10-22(24)20-28(26)30)31-17-8-15-27-25-13-6-4-11-23(25)21-29(27)31/h3-8,10-17,32H,2,9,18-21H2,1H3,(H,40,41). The highest BCUT2D eigenvalue weighted by atomic mass is 16.4. The van der Waals surface area contributed by atoms with Crippen molar-refractivity contribution in [3.8, 4) is 22.3 Å². The minimum atomic E-state index is -1.26. The number of ketones is 1. The topological polar surface area (TPSA) is 74.7 Å². The Morgan fingerprint density at radius 1 is 0.756 bits per heavy atom. The number of carbonyl (C=O) groups is 3. The number of aliphatic carboxylic acids is 1. The summed E-state index contributed by atoms with van der Waals surface area (Å²) < 4.78 is 0. The fourth-order valence-corrected chi connectivity index (χ4v) is 7.62. The molecule has 1 fully saturated rings. The van der Waals surface area contributed by atoms with E-state index in [1.807, 2.05) is 55.5 Å². The van der Waals surface area contributed by atoms with Crippen molar-refractivity contribution in [2.24, 2.45) is 0 Å². The molecule has 1 heterocycles. The van der Waals surface area contributed by atoms with E-state index in [0.717, 1.165) is 44.5 Å². The molecule has 0 spiro atoms. The summed E-state index contributed by atoms with van der Waals surface area (Å²) in [5.41, 5.74) is 9.49. The van der Waals surface area contributed by atoms with Crippen LogP contribution in [0.2, 0.25) is 0 Å². The van der Waals surface area contributed by atoms with Crippen molar-refractivity contribution in [2.45, 2.75) is 50.5 Å². The number of rotatable bonds is 6. The molecular formula is C36H31NO4. The number of hydrogen-bond acceptors (Lipinski definition) is 3. The van der Waals surface area contributed by atoms with Gasteiger partial charge in [0.05, 0.1) is 5.41 Å². The molecule has 1 saturated heterocycles. The number of fused-ring (bicyclic) bond motifs is 6. The van der Waals surface area contributed by atoms with Gasteiger partial charge in [-0.1, -0.05) is 91.9 Å². The van der Waals surface area contributed by atoms with Crippen LogP contribution in [0.1, 0.15) is 59.6 Å². The van der Waals surface area contributed by atoms with E-state index in [-0.39, 0.29) is 6.54 Å². The Bertz CT molecular complexity index is 1660. The first-order valence-electron chi connectivity index (χ1n) is 14.4. The quantitative estimate of drug-likeness (QED) is 0.256. The SMILES string of the molecule is CCC(C(=O)C(=O)N1CCCC1C(=O)O)(c1cccc2c1Cc1ccccc1-2)c1cccc2c1Cc1ccccc1-2. The highest BCUT2D eigenvalue weighted by Gasteiger charge is 2.50. The molecule has 5 heteroatoms. The second-order valence-electron chi connectivity index (χ2n) is 11.4. The fraction of sp³-hybridized carbons (Fsp3) is 0.250. The van der Waals surface area contributed by atoms with Gasteiger partial charge in [-0.25, -0.2) is 4.79 Å². The predicted molar refractivity (Wildman–Crippen MR) is 158 cm³/mol. The first kappa shape index (κ1) is 25.5. The Balaban J connectivity index is 1.47. The Hall–Kier alpha value is -4.51. The van der Waals surface area contributed by atoms with Gasteiger partial charge in [0.2, 0.25) is 5.78 Å². The number of likely N-dealkylation sites (tertiary alicyclic amines) is 1. The highest BCUT2D eigenvalue weighted by Crippen LogP contribution is 2.50. The molecule has 5 nitrogen and oxygen atoms in total. The smallest absolute Gasteiger partial charge is 0.326 e. The van der Waals surface area contributed by atoms with E-state index in [0.29, 0.717) is 32.1 Å². The molecule has 41 heavy (non-hydrogen) atoms. The lowest BCUT2D eigenvalue weighted by Gasteiger charge is -2.37. The van der Waals surface area contributed by atoms with Gasteiger partial charge >= 0.3 is 5.97 Å². The number of hydrogen-bond donors (Lipinski definition) is 1. The number of amides is 1. The van der Waals surface area contributed by atoms with E-state index >= 15 is 0 Å². The van der Waals surface area contributed by atoms with E-state index in [4.69, 9.17) is 0 Å². The van der Waals surface area contributed by atoms with Crippen LogP contribution < -0.4 is 0 Å². The third kappa shape index (κ3) is 3.65. The maximum Gasteiger partial charge on any atom is 0.326 e. The van der Waals surface area contributed by atoms with Gasteiger partial charge in [0.25, 0.3) is 5.91 Å². The number of carboxylic acid groups (broad SMARTS) is 1. The van der Waals surface area contributed by atoms with Crippen LogP contribution in [-0.4, -0.2) is 40.3 Å². The molecule has 0 radical (unpaired) electrons. The van der Waals surface area contributed by atoms with Crippen molar-refractivity contribution in [1.82, 2.24) is 4.90 Å². The molecule has 4 aromatic rings. The predicted octanol–water partition coefficient (Wildman–Crippen LogP) is 6.17. The zero-order valence-electron chi connectivity index (χ0n) is 23.0. The van der Waals surface area contributed by atoms with E-state index in [9.17, 15) is 19.5 Å². The van der Waals surface area contributed by atoms with Gasteiger partial charge < -0.3 is 10.0 Å². The Morgan fingerprint density at radius 3 is 1.78 bits per heavy atom. The molecule has 1 unspecified atom stereocenters. The third-order valence-electron chi connectivity index (χ3n) is 9.53. The van der Waals surface area contributed by atoms with Gasteiger partial charge in [-0.15, -0.1) is 0 Å². The summed E-state index contributed by atoms with van der Waals surface area (Å²) in [5.74, 6) is -2.29. The van der Waals surface area contributed by atoms with Gasteiger partial charge in [-0.05, 0) is 87.7 Å². The van der Waals surface area contributed by atoms with Crippen molar-refractivity contribution in [1.29, 1.82) is 0 Å². The summed E-state index contributed by atoms with van der Waals surface area (Å²) in [7, 11) is 0. The van der Waals surface area contributed by atoms with Crippen LogP contribution in [0.25, 0.3) is 22.3 Å². The summed E-state index contributed by atoms with van der Waals surface area (Å²) in [6, 6.07) is 27.8. The highest BCUT2D eigenvalue weighted by molar-refractivity contribution is 6.41. The van der Waals surface area contributed by atoms with Crippen LogP contribution in [-0.2, 0) is 32.6 Å². The van der Waals surface area contributed by atoms with Crippen LogP contribution in [0.4, 0.5) is 0 Å². The Kier molecular flexibility index (Phi) is 5.93. The molecule has 1 aliphatic heterocycles. The van der Waals surface area contributed by atoms with Gasteiger partial charge in [-0.2, -0.15) is 0 Å². The summed E-state index contributed by atoms with van der Waals surface area (Å²) in [5, 5.41) is 9.86. The molecule has 7 rings (SSSR count). The molecule has 1 atom stereocenters. The number of Topliss-reactive ketones (excluding diaryl/α,β-unsaturated/α-hetero) is 1. The van der Waals surface area contributed by atoms with E-state index < -0.39 is 29.1 Å². The van der Waals surface area contributed by atoms with Crippen molar-refractivity contribution in [3.63, 3.8) is 0 Å². The second kappa shape index (κ2) is 9.55. The molecule has 0 saturated carbocycles. The van der Waals surface area contributed by atoms with E-state index in [1.165, 1.54) is 16.0 Å². The van der Waals surface area contributed by atoms with Gasteiger partial charge in [0, 0.05) is 6.54 Å². The largest absolute Gasteiger partial charge is 0.480 e. The Labute approximate surface area is 239 Å². The molecule has 2 aliphatic carbocycles. The number of benzene rings is 4. The van der Waals surface area contributed by atoms with E-state index in [1.54, 1.807) is 0 Å². The first-order valence-corrected chi connectivity index (χ1v) is 14.4. The first-order chi connectivity index (χ1) is 20.0. The molecule has 0 aromatic heterocycles. The van der Waals surface area contributed by atoms with Crippen LogP contribution >= 0.6 is 0 Å². The van der Waals surface area contributed by atoms with Gasteiger partial charge in [0.15, 0.2) is 0 Å². The van der Waals surface area contributed by atoms with Crippen LogP contribution in [0.3, 0.4) is 0 Å². The average molecular weight is 542 g/mol. The van der Waals surface area contributed by atoms with Crippen LogP contribution in [0.5, 0.6) is 0 Å². The van der Waals surface area contributed by atoms with Gasteiger partial charge in [0.1, 0.15) is 6.04 Å². The maximum atomic E-state index is 14.9. The lowest BCUT2D eigenvalue weighted by atomic mass is 9.65. The molecule has 1 N–H and O–H groups in total. The summed E-state index contributed by atoms with van der Waals surface area (Å²) >= 11 is 0.